The fraction of sp³-hybridized carbons (Fsp3) is 0.176. The van der Waals surface area contributed by atoms with Crippen LogP contribution in [0.25, 0.3) is 10.9 Å². The number of halogens is 3. The lowest BCUT2D eigenvalue weighted by atomic mass is 10.1. The maximum Gasteiger partial charge on any atom is 0.416 e. The number of aromatic amines is 1. The second-order valence-corrected chi connectivity index (χ2v) is 7.34. The van der Waals surface area contributed by atoms with Crippen molar-refractivity contribution in [2.45, 2.75) is 17.5 Å². The number of aromatic nitrogens is 1. The van der Waals surface area contributed by atoms with E-state index in [0.29, 0.717) is 12.1 Å². The number of aliphatic hydroxyl groups is 1. The smallest absolute Gasteiger partial charge is 0.396 e. The topological polar surface area (TPSA) is 82.2 Å². The number of benzene rings is 2. The molecule has 0 unspecified atom stereocenters. The molecule has 0 aliphatic heterocycles. The first-order valence-corrected chi connectivity index (χ1v) is 9.10. The van der Waals surface area contributed by atoms with Gasteiger partial charge in [-0.1, -0.05) is 18.2 Å². The van der Waals surface area contributed by atoms with Crippen LogP contribution >= 0.6 is 0 Å². The molecule has 3 aromatic rings. The highest BCUT2D eigenvalue weighted by molar-refractivity contribution is 7.93. The van der Waals surface area contributed by atoms with Crippen LogP contribution in [0.15, 0.2) is 53.6 Å². The Morgan fingerprint density at radius 2 is 1.88 bits per heavy atom. The molecule has 2 aromatic carbocycles. The Morgan fingerprint density at radius 3 is 2.58 bits per heavy atom. The Labute approximate surface area is 147 Å². The minimum atomic E-state index is -4.51. The second-order valence-electron chi connectivity index (χ2n) is 5.69. The Hall–Kier alpha value is -2.52. The van der Waals surface area contributed by atoms with Gasteiger partial charge in [0.05, 0.1) is 5.56 Å². The molecule has 1 aromatic heterocycles. The standard InChI is InChI=1S/C17H15F3N2O3S/c18-17(19,20)12-4-5-14-15(9-12)21-10-16(14)26(24,25)22-13-3-1-2-11(8-13)6-7-23/h1-5,8-10,21-23H,6-7H2. The zero-order valence-corrected chi connectivity index (χ0v) is 14.2. The maximum atomic E-state index is 12.8. The summed E-state index contributed by atoms with van der Waals surface area (Å²) < 4.78 is 66.0. The van der Waals surface area contributed by atoms with Crippen LogP contribution in [0.3, 0.4) is 0 Å². The summed E-state index contributed by atoms with van der Waals surface area (Å²) in [6.45, 7) is -0.0693. The number of nitrogens with one attached hydrogen (secondary N) is 2. The van der Waals surface area contributed by atoms with Crippen molar-refractivity contribution in [1.29, 1.82) is 0 Å². The van der Waals surface area contributed by atoms with Crippen molar-refractivity contribution in [3.05, 3.63) is 59.8 Å². The SMILES string of the molecule is O=S(=O)(Nc1cccc(CCO)c1)c1c[nH]c2cc(C(F)(F)F)ccc12. The van der Waals surface area contributed by atoms with Gasteiger partial charge in [0.25, 0.3) is 10.0 Å². The highest BCUT2D eigenvalue weighted by Crippen LogP contribution is 2.33. The van der Waals surface area contributed by atoms with E-state index in [2.05, 4.69) is 9.71 Å². The summed E-state index contributed by atoms with van der Waals surface area (Å²) in [5, 5.41) is 9.13. The predicted octanol–water partition coefficient (Wildman–Crippen LogP) is 3.52. The molecule has 5 nitrogen and oxygen atoms in total. The van der Waals surface area contributed by atoms with Crippen LogP contribution in [-0.2, 0) is 22.6 Å². The summed E-state index contributed by atoms with van der Waals surface area (Å²) in [7, 11) is -4.00. The van der Waals surface area contributed by atoms with Crippen molar-refractivity contribution >= 4 is 26.6 Å². The molecule has 3 N–H and O–H groups in total. The first kappa shape index (κ1) is 18.3. The summed E-state index contributed by atoms with van der Waals surface area (Å²) in [5.41, 5.74) is 0.272. The third kappa shape index (κ3) is 3.68. The third-order valence-corrected chi connectivity index (χ3v) is 5.26. The molecular formula is C17H15F3N2O3S. The number of alkyl halides is 3. The van der Waals surface area contributed by atoms with E-state index in [9.17, 15) is 21.6 Å². The van der Waals surface area contributed by atoms with Crippen LogP contribution in [-0.4, -0.2) is 25.1 Å². The molecule has 1 heterocycles. The van der Waals surface area contributed by atoms with Gasteiger partial charge in [0.1, 0.15) is 4.90 Å². The average Bonchev–Trinajstić information content (AvgIpc) is 2.98. The van der Waals surface area contributed by atoms with Crippen molar-refractivity contribution in [2.24, 2.45) is 0 Å². The number of rotatable bonds is 5. The van der Waals surface area contributed by atoms with E-state index >= 15 is 0 Å². The lowest BCUT2D eigenvalue weighted by molar-refractivity contribution is -0.137. The molecule has 0 saturated carbocycles. The van der Waals surface area contributed by atoms with Gasteiger partial charge >= 0.3 is 6.18 Å². The van der Waals surface area contributed by atoms with Gasteiger partial charge in [-0.3, -0.25) is 4.72 Å². The molecule has 3 rings (SSSR count). The van der Waals surface area contributed by atoms with E-state index in [0.717, 1.165) is 30.0 Å². The molecule has 0 atom stereocenters. The molecule has 0 spiro atoms. The van der Waals surface area contributed by atoms with Gasteiger partial charge in [-0.05, 0) is 36.2 Å². The van der Waals surface area contributed by atoms with Gasteiger partial charge in [0.2, 0.25) is 0 Å². The molecule has 0 saturated heterocycles. The minimum absolute atomic E-state index is 0.0693. The monoisotopic (exact) mass is 384 g/mol. The summed E-state index contributed by atoms with van der Waals surface area (Å²) in [6.07, 6.45) is -2.97. The normalized spacial score (nSPS) is 12.5. The van der Waals surface area contributed by atoms with Crippen molar-refractivity contribution in [3.63, 3.8) is 0 Å². The number of aliphatic hydroxyl groups excluding tert-OH is 1. The van der Waals surface area contributed by atoms with Crippen molar-refractivity contribution in [3.8, 4) is 0 Å². The summed E-state index contributed by atoms with van der Waals surface area (Å²) >= 11 is 0. The van der Waals surface area contributed by atoms with Crippen LogP contribution in [0.1, 0.15) is 11.1 Å². The van der Waals surface area contributed by atoms with Crippen molar-refractivity contribution in [2.75, 3.05) is 11.3 Å². The highest BCUT2D eigenvalue weighted by Gasteiger charge is 2.31. The molecule has 0 radical (unpaired) electrons. The highest BCUT2D eigenvalue weighted by atomic mass is 32.2. The average molecular weight is 384 g/mol. The largest absolute Gasteiger partial charge is 0.416 e. The van der Waals surface area contributed by atoms with Gasteiger partial charge < -0.3 is 10.1 Å². The van der Waals surface area contributed by atoms with E-state index < -0.39 is 21.8 Å². The van der Waals surface area contributed by atoms with Gasteiger partial charge in [0.15, 0.2) is 0 Å². The second kappa shape index (κ2) is 6.65. The van der Waals surface area contributed by atoms with E-state index in [1.165, 1.54) is 0 Å². The third-order valence-electron chi connectivity index (χ3n) is 3.84. The van der Waals surface area contributed by atoms with Crippen LogP contribution in [0, 0.1) is 0 Å². The number of hydrogen-bond acceptors (Lipinski definition) is 3. The molecular weight excluding hydrogens is 369 g/mol. The predicted molar refractivity (Wildman–Crippen MR) is 91.3 cm³/mol. The first-order valence-electron chi connectivity index (χ1n) is 7.62. The van der Waals surface area contributed by atoms with E-state index in [-0.39, 0.29) is 22.4 Å². The van der Waals surface area contributed by atoms with Crippen molar-refractivity contribution in [1.82, 2.24) is 4.98 Å². The number of sulfonamides is 1. The fourth-order valence-corrected chi connectivity index (χ4v) is 3.86. The molecule has 26 heavy (non-hydrogen) atoms. The Morgan fingerprint density at radius 1 is 1.12 bits per heavy atom. The lowest BCUT2D eigenvalue weighted by Gasteiger charge is -2.09. The van der Waals surface area contributed by atoms with E-state index in [1.807, 2.05) is 0 Å². The van der Waals surface area contributed by atoms with Crippen molar-refractivity contribution < 1.29 is 26.7 Å². The number of fused-ring (bicyclic) bond motifs is 1. The molecule has 9 heteroatoms. The van der Waals surface area contributed by atoms with Gasteiger partial charge in [0, 0.05) is 29.4 Å². The summed E-state index contributed by atoms with van der Waals surface area (Å²) in [6, 6.07) is 9.38. The van der Waals surface area contributed by atoms with E-state index in [1.54, 1.807) is 24.3 Å². The number of anilines is 1. The van der Waals surface area contributed by atoms with Gasteiger partial charge in [-0.2, -0.15) is 13.2 Å². The Balaban J connectivity index is 1.96. The van der Waals surface area contributed by atoms with Crippen LogP contribution in [0.2, 0.25) is 0 Å². The molecule has 138 valence electrons. The molecule has 0 bridgehead atoms. The molecule has 0 amide bonds. The zero-order valence-electron chi connectivity index (χ0n) is 13.3. The molecule has 0 aliphatic carbocycles. The van der Waals surface area contributed by atoms with Crippen LogP contribution in [0.5, 0.6) is 0 Å². The summed E-state index contributed by atoms with van der Waals surface area (Å²) in [4.78, 5) is 2.43. The zero-order chi connectivity index (χ0) is 18.9. The molecule has 0 fully saturated rings. The van der Waals surface area contributed by atoms with E-state index in [4.69, 9.17) is 5.11 Å². The number of H-pyrrole nitrogens is 1. The minimum Gasteiger partial charge on any atom is -0.396 e. The summed E-state index contributed by atoms with van der Waals surface area (Å²) in [5.74, 6) is 0. The lowest BCUT2D eigenvalue weighted by Crippen LogP contribution is -2.12. The van der Waals surface area contributed by atoms with Gasteiger partial charge in [-0.25, -0.2) is 8.42 Å². The molecule has 0 aliphatic rings. The van der Waals surface area contributed by atoms with Gasteiger partial charge in [-0.15, -0.1) is 0 Å². The maximum absolute atomic E-state index is 12.8. The van der Waals surface area contributed by atoms with Crippen LogP contribution < -0.4 is 4.72 Å². The quantitative estimate of drug-likeness (QED) is 0.630. The Kier molecular flexibility index (Phi) is 4.68. The first-order chi connectivity index (χ1) is 12.2. The van der Waals surface area contributed by atoms with Crippen LogP contribution in [0.4, 0.5) is 18.9 Å². The number of hydrogen-bond donors (Lipinski definition) is 3. The fourth-order valence-electron chi connectivity index (χ4n) is 2.63. The Bertz CT molecular complexity index is 1040.